The number of fused-ring (bicyclic) bond motifs is 2. The number of nitrogens with one attached hydrogen (secondary N) is 4. The van der Waals surface area contributed by atoms with Crippen molar-refractivity contribution in [3.63, 3.8) is 0 Å². The van der Waals surface area contributed by atoms with E-state index >= 15 is 0 Å². The van der Waals surface area contributed by atoms with Crippen LogP contribution in [-0.4, -0.2) is 92.8 Å². The zero-order chi connectivity index (χ0) is 56.2. The van der Waals surface area contributed by atoms with Crippen molar-refractivity contribution in [1.29, 1.82) is 0 Å². The second-order valence-electron chi connectivity index (χ2n) is 25.7. The fraction of sp³-hybridized carbons (Fsp3) is 0.613. The molecule has 0 bridgehead atoms. The van der Waals surface area contributed by atoms with Crippen molar-refractivity contribution in [2.24, 2.45) is 10.8 Å². The summed E-state index contributed by atoms with van der Waals surface area (Å²) in [5, 5.41) is 37.2. The first-order valence-corrected chi connectivity index (χ1v) is 28.5. The molecule has 0 radical (unpaired) electrons. The Kier molecular flexibility index (Phi) is 18.5. The van der Waals surface area contributed by atoms with Gasteiger partial charge in [-0.1, -0.05) is 65.8 Å². The third-order valence-corrected chi connectivity index (χ3v) is 15.3. The normalized spacial score (nSPS) is 19.8. The van der Waals surface area contributed by atoms with Crippen LogP contribution in [0.1, 0.15) is 179 Å². The summed E-state index contributed by atoms with van der Waals surface area (Å²) in [5.41, 5.74) is 3.84. The van der Waals surface area contributed by atoms with Crippen molar-refractivity contribution in [2.45, 2.75) is 219 Å². The van der Waals surface area contributed by atoms with Crippen molar-refractivity contribution in [1.82, 2.24) is 31.2 Å². The molecular formula is C62H86F2N6O8. The van der Waals surface area contributed by atoms with Gasteiger partial charge < -0.3 is 50.4 Å². The Hall–Kier alpha value is -5.42. The lowest BCUT2D eigenvalue weighted by molar-refractivity contribution is -0.128. The van der Waals surface area contributed by atoms with Gasteiger partial charge in [-0.2, -0.15) is 0 Å². The molecular weight excluding hydrogens is 995 g/mol. The molecule has 14 nitrogen and oxygen atoms in total. The molecule has 78 heavy (non-hydrogen) atoms. The summed E-state index contributed by atoms with van der Waals surface area (Å²) < 4.78 is 55.2. The number of carbonyl (C=O) groups excluding carboxylic acids is 2. The predicted octanol–water partition coefficient (Wildman–Crippen LogP) is 9.84. The minimum Gasteiger partial charge on any atom is -0.481 e. The maximum absolute atomic E-state index is 14.6. The number of hydrogen-bond donors (Lipinski definition) is 6. The zero-order valence-corrected chi connectivity index (χ0v) is 47.7. The average Bonchev–Trinajstić information content (AvgIpc) is 3.53. The van der Waals surface area contributed by atoms with E-state index in [0.29, 0.717) is 60.1 Å². The summed E-state index contributed by atoms with van der Waals surface area (Å²) in [6, 6.07) is 14.1. The van der Waals surface area contributed by atoms with Gasteiger partial charge in [0.05, 0.1) is 36.5 Å². The summed E-state index contributed by atoms with van der Waals surface area (Å²) in [6.07, 6.45) is 5.56. The van der Waals surface area contributed by atoms with Gasteiger partial charge in [-0.3, -0.25) is 9.59 Å². The van der Waals surface area contributed by atoms with Crippen LogP contribution in [0.15, 0.2) is 60.7 Å². The minimum atomic E-state index is -1.13. The lowest BCUT2D eigenvalue weighted by Gasteiger charge is -2.48. The van der Waals surface area contributed by atoms with Gasteiger partial charge in [-0.25, -0.2) is 18.7 Å². The summed E-state index contributed by atoms with van der Waals surface area (Å²) >= 11 is 0. The van der Waals surface area contributed by atoms with Crippen LogP contribution in [0.5, 0.6) is 23.3 Å². The highest BCUT2D eigenvalue weighted by Gasteiger charge is 2.49. The Bertz CT molecular complexity index is 2530. The van der Waals surface area contributed by atoms with E-state index in [0.717, 1.165) is 61.0 Å². The maximum Gasteiger partial charge on any atom is 0.257 e. The van der Waals surface area contributed by atoms with Crippen LogP contribution >= 0.6 is 0 Å². The number of amides is 2. The third-order valence-electron chi connectivity index (χ3n) is 15.3. The first kappa shape index (κ1) is 58.7. The Labute approximate surface area is 461 Å². The van der Waals surface area contributed by atoms with E-state index in [9.17, 15) is 28.6 Å². The van der Waals surface area contributed by atoms with E-state index in [-0.39, 0.29) is 73.9 Å². The number of rotatable bonds is 23. The molecule has 2 spiro atoms. The van der Waals surface area contributed by atoms with Gasteiger partial charge in [-0.15, -0.1) is 0 Å². The highest BCUT2D eigenvalue weighted by molar-refractivity contribution is 5.84. The molecule has 0 unspecified atom stereocenters. The van der Waals surface area contributed by atoms with Crippen LogP contribution in [0, 0.1) is 22.5 Å². The second kappa shape index (κ2) is 24.5. The van der Waals surface area contributed by atoms with E-state index in [1.54, 1.807) is 24.3 Å². The molecule has 6 N–H and O–H groups in total. The fourth-order valence-electron chi connectivity index (χ4n) is 11.4. The Morgan fingerprint density at radius 2 is 1.03 bits per heavy atom. The quantitative estimate of drug-likeness (QED) is 0.0414. The molecule has 8 rings (SSSR count). The molecule has 2 aromatic carbocycles. The van der Waals surface area contributed by atoms with Gasteiger partial charge in [0.2, 0.25) is 11.8 Å². The van der Waals surface area contributed by atoms with E-state index in [1.807, 2.05) is 27.7 Å². The van der Waals surface area contributed by atoms with E-state index < -0.39 is 58.9 Å². The average molecular weight is 1080 g/mol. The lowest BCUT2D eigenvalue weighted by Crippen LogP contribution is -2.53. The number of pyridine rings is 2. The lowest BCUT2D eigenvalue weighted by atomic mass is 9.73. The number of carbonyl (C=O) groups is 2. The topological polar surface area (TPSA) is 185 Å². The van der Waals surface area contributed by atoms with Crippen LogP contribution in [-0.2, 0) is 35.3 Å². The van der Waals surface area contributed by atoms with Gasteiger partial charge in [0, 0.05) is 73.4 Å². The van der Waals surface area contributed by atoms with Crippen LogP contribution in [0.2, 0.25) is 0 Å². The van der Waals surface area contributed by atoms with Crippen molar-refractivity contribution in [3.8, 4) is 23.3 Å². The smallest absolute Gasteiger partial charge is 0.257 e. The molecule has 2 saturated carbocycles. The molecule has 16 heteroatoms. The zero-order valence-electron chi connectivity index (χ0n) is 47.7. The molecule has 426 valence electrons. The van der Waals surface area contributed by atoms with Gasteiger partial charge in [-0.05, 0) is 150 Å². The van der Waals surface area contributed by atoms with Gasteiger partial charge in [0.15, 0.2) is 11.5 Å². The Morgan fingerprint density at radius 3 is 1.35 bits per heavy atom. The molecule has 4 aliphatic rings. The number of aromatic nitrogens is 2. The van der Waals surface area contributed by atoms with Gasteiger partial charge in [0.1, 0.15) is 22.8 Å². The monoisotopic (exact) mass is 1080 g/mol. The molecule has 4 aromatic rings. The van der Waals surface area contributed by atoms with Gasteiger partial charge in [0.25, 0.3) is 11.8 Å². The van der Waals surface area contributed by atoms with Crippen molar-refractivity contribution < 1.29 is 47.5 Å². The molecule has 6 atom stereocenters. The predicted molar refractivity (Wildman–Crippen MR) is 297 cm³/mol. The van der Waals surface area contributed by atoms with Crippen molar-refractivity contribution >= 4 is 11.8 Å². The van der Waals surface area contributed by atoms with Crippen LogP contribution in [0.25, 0.3) is 0 Å². The van der Waals surface area contributed by atoms with E-state index in [2.05, 4.69) is 74.9 Å². The number of ether oxygens (including phenoxy) is 4. The number of nitrogens with zero attached hydrogens (tertiary/aromatic N) is 2. The summed E-state index contributed by atoms with van der Waals surface area (Å²) in [4.78, 5) is 37.8. The molecule has 2 fully saturated rings. The standard InChI is InChI=1S/C62H86F2N6O8/c1-37(2)75-57-55-45(29-43(67-57)31-59(5,6)7)49(33-61(77-55)21-13-22-61)65-35-51(71)47(27-39-15-11-17-41(63)25-39)69-53(73)19-20-54(74)70-48(28-40-16-12-18-42(64)26-40)52(72)36-66-50-34-62(23-14-24-62)78-56-46(50)30-44(32-60(8,9)10)68-58(56)76-38(3)4/h11-12,15-18,25-26,29-30,37-38,47-52,65-66,71-72H,13-14,19-24,27-28,31-36H2,1-10H3,(H,69,73)(H,70,74)/t47-,48-,49-,50+,51-,52-/m0/s1. The highest BCUT2D eigenvalue weighted by atomic mass is 19.1. The van der Waals surface area contributed by atoms with E-state index in [4.69, 9.17) is 28.9 Å². The number of benzene rings is 2. The number of halogens is 2. The largest absolute Gasteiger partial charge is 0.481 e. The highest BCUT2D eigenvalue weighted by Crippen LogP contribution is 2.53. The van der Waals surface area contributed by atoms with Crippen LogP contribution in [0.3, 0.4) is 0 Å². The number of hydrogen-bond acceptors (Lipinski definition) is 12. The maximum atomic E-state index is 14.6. The SMILES string of the molecule is CC(C)Oc1nc(CC(C)(C)C)cc2c1OC1(CCC1)C[C@@H]2NC[C@H](O)[C@H](Cc1cccc(F)c1)NC(=O)CCC(=O)N[C@@H](Cc1cccc(F)c1)[C@@H](O)CN[C@@H]1CC2(CCC2)Oc2c1cc(CC(C)(C)C)nc2OC(C)C. The third kappa shape index (κ3) is 15.7. The molecule has 0 saturated heterocycles. The Morgan fingerprint density at radius 1 is 0.641 bits per heavy atom. The number of aliphatic hydroxyl groups is 2. The first-order chi connectivity index (χ1) is 36.8. The summed E-state index contributed by atoms with van der Waals surface area (Å²) in [5.74, 6) is 0.296. The minimum absolute atomic E-state index is 0.0470. The number of aliphatic hydroxyl groups excluding tert-OH is 2. The summed E-state index contributed by atoms with van der Waals surface area (Å²) in [6.45, 7) is 21.0. The van der Waals surface area contributed by atoms with E-state index in [1.165, 1.54) is 24.3 Å². The fourth-order valence-corrected chi connectivity index (χ4v) is 11.4. The molecule has 2 aliphatic heterocycles. The molecule has 2 aromatic heterocycles. The van der Waals surface area contributed by atoms with Gasteiger partial charge >= 0.3 is 0 Å². The van der Waals surface area contributed by atoms with Crippen LogP contribution in [0.4, 0.5) is 8.78 Å². The molecule has 2 amide bonds. The Balaban J connectivity index is 0.958. The van der Waals surface area contributed by atoms with Crippen LogP contribution < -0.4 is 40.2 Å². The van der Waals surface area contributed by atoms with Crippen molar-refractivity contribution in [3.05, 3.63) is 106 Å². The summed E-state index contributed by atoms with van der Waals surface area (Å²) in [7, 11) is 0. The molecule has 2 aliphatic carbocycles. The first-order valence-electron chi connectivity index (χ1n) is 28.5. The second-order valence-corrected chi connectivity index (χ2v) is 25.7. The van der Waals surface area contributed by atoms with Crippen molar-refractivity contribution in [2.75, 3.05) is 13.1 Å². The molecule has 4 heterocycles.